The van der Waals surface area contributed by atoms with Crippen molar-refractivity contribution < 1.29 is 9.90 Å². The molecule has 1 aromatic carbocycles. The number of hydrogen-bond acceptors (Lipinski definition) is 3. The number of hydrogen-bond donors (Lipinski definition) is 3. The zero-order valence-corrected chi connectivity index (χ0v) is 10.5. The van der Waals surface area contributed by atoms with Gasteiger partial charge in [-0.05, 0) is 30.5 Å². The van der Waals surface area contributed by atoms with E-state index in [0.29, 0.717) is 11.6 Å². The quantitative estimate of drug-likeness (QED) is 0.740. The van der Waals surface area contributed by atoms with Gasteiger partial charge >= 0.3 is 0 Å². The van der Waals surface area contributed by atoms with Crippen molar-refractivity contribution in [1.29, 1.82) is 0 Å². The summed E-state index contributed by atoms with van der Waals surface area (Å²) in [5.41, 5.74) is 6.23. The predicted octanol–water partition coefficient (Wildman–Crippen LogP) is 1.46. The van der Waals surface area contributed by atoms with E-state index in [2.05, 4.69) is 19.2 Å². The monoisotopic (exact) mass is 236 g/mol. The zero-order valence-electron chi connectivity index (χ0n) is 10.5. The maximum atomic E-state index is 11.8. The van der Waals surface area contributed by atoms with Crippen LogP contribution in [0.25, 0.3) is 0 Å². The Bertz CT molecular complexity index is 400. The van der Waals surface area contributed by atoms with Crippen LogP contribution in [0.1, 0.15) is 32.3 Å². The lowest BCUT2D eigenvalue weighted by Gasteiger charge is -2.21. The topological polar surface area (TPSA) is 75.4 Å². The van der Waals surface area contributed by atoms with Crippen LogP contribution in [0.2, 0.25) is 0 Å². The normalized spacial score (nSPS) is 14.5. The molecule has 1 atom stereocenters. The van der Waals surface area contributed by atoms with E-state index in [0.717, 1.165) is 5.56 Å². The van der Waals surface area contributed by atoms with Gasteiger partial charge in [0.1, 0.15) is 5.54 Å². The lowest BCUT2D eigenvalue weighted by Crippen LogP contribution is -2.51. The maximum Gasteiger partial charge on any atom is 0.246 e. The van der Waals surface area contributed by atoms with E-state index in [1.807, 2.05) is 18.2 Å². The largest absolute Gasteiger partial charge is 0.394 e. The Labute approximate surface area is 102 Å². The summed E-state index contributed by atoms with van der Waals surface area (Å²) in [6, 6.07) is 7.61. The maximum absolute atomic E-state index is 11.8. The van der Waals surface area contributed by atoms with Crippen LogP contribution in [0.4, 0.5) is 5.69 Å². The molecule has 0 bridgehead atoms. The summed E-state index contributed by atoms with van der Waals surface area (Å²) in [6.45, 7) is 5.28. The van der Waals surface area contributed by atoms with Gasteiger partial charge in [0, 0.05) is 5.69 Å². The van der Waals surface area contributed by atoms with Gasteiger partial charge in [0.05, 0.1) is 6.61 Å². The predicted molar refractivity (Wildman–Crippen MR) is 68.8 cm³/mol. The number of amides is 1. The van der Waals surface area contributed by atoms with Crippen LogP contribution in [0.5, 0.6) is 0 Å². The Morgan fingerprint density at radius 2 is 2.18 bits per heavy atom. The minimum absolute atomic E-state index is 0.386. The molecule has 94 valence electrons. The number of carbonyl (C=O) groups is 1. The fourth-order valence-corrected chi connectivity index (χ4v) is 1.32. The van der Waals surface area contributed by atoms with E-state index >= 15 is 0 Å². The molecule has 1 amide bonds. The summed E-state index contributed by atoms with van der Waals surface area (Å²) in [6.07, 6.45) is 0. The van der Waals surface area contributed by atoms with E-state index in [4.69, 9.17) is 10.8 Å². The van der Waals surface area contributed by atoms with Crippen molar-refractivity contribution in [1.82, 2.24) is 0 Å². The number of carbonyl (C=O) groups excluding carboxylic acids is 1. The van der Waals surface area contributed by atoms with Gasteiger partial charge in [0.2, 0.25) is 5.91 Å². The Hall–Kier alpha value is -1.39. The van der Waals surface area contributed by atoms with Gasteiger partial charge < -0.3 is 16.2 Å². The Balaban J connectivity index is 2.82. The summed E-state index contributed by atoms with van der Waals surface area (Å²) in [4.78, 5) is 11.8. The highest BCUT2D eigenvalue weighted by Gasteiger charge is 2.27. The average molecular weight is 236 g/mol. The summed E-state index contributed by atoms with van der Waals surface area (Å²) < 4.78 is 0. The number of aliphatic hydroxyl groups excluding tert-OH is 1. The van der Waals surface area contributed by atoms with Crippen LogP contribution in [-0.2, 0) is 4.79 Å². The molecule has 1 aromatic rings. The highest BCUT2D eigenvalue weighted by Crippen LogP contribution is 2.19. The third-order valence-corrected chi connectivity index (χ3v) is 2.66. The second-order valence-electron chi connectivity index (χ2n) is 4.81. The first kappa shape index (κ1) is 13.7. The van der Waals surface area contributed by atoms with Crippen LogP contribution in [-0.4, -0.2) is 23.2 Å². The molecule has 0 heterocycles. The van der Waals surface area contributed by atoms with Gasteiger partial charge in [-0.3, -0.25) is 4.79 Å². The molecule has 0 aromatic heterocycles. The smallest absolute Gasteiger partial charge is 0.246 e. The van der Waals surface area contributed by atoms with Crippen LogP contribution in [0, 0.1) is 0 Å². The summed E-state index contributed by atoms with van der Waals surface area (Å²) in [5, 5.41) is 11.7. The molecule has 4 N–H and O–H groups in total. The molecule has 0 aliphatic carbocycles. The van der Waals surface area contributed by atoms with E-state index in [1.54, 1.807) is 6.07 Å². The highest BCUT2D eigenvalue weighted by atomic mass is 16.3. The van der Waals surface area contributed by atoms with Crippen molar-refractivity contribution >= 4 is 11.6 Å². The zero-order chi connectivity index (χ0) is 13.1. The summed E-state index contributed by atoms with van der Waals surface area (Å²) >= 11 is 0. The molecule has 0 radical (unpaired) electrons. The molecule has 0 saturated heterocycles. The van der Waals surface area contributed by atoms with Crippen molar-refractivity contribution in [3.63, 3.8) is 0 Å². The van der Waals surface area contributed by atoms with Crippen molar-refractivity contribution in [3.05, 3.63) is 29.8 Å². The molecule has 0 saturated carbocycles. The van der Waals surface area contributed by atoms with Crippen molar-refractivity contribution in [3.8, 4) is 0 Å². The van der Waals surface area contributed by atoms with Crippen LogP contribution in [0.15, 0.2) is 24.3 Å². The molecular weight excluding hydrogens is 216 g/mol. The minimum Gasteiger partial charge on any atom is -0.394 e. The van der Waals surface area contributed by atoms with Crippen molar-refractivity contribution in [2.75, 3.05) is 11.9 Å². The fourth-order valence-electron chi connectivity index (χ4n) is 1.32. The lowest BCUT2D eigenvalue weighted by molar-refractivity contribution is -0.121. The molecule has 0 aliphatic heterocycles. The third-order valence-electron chi connectivity index (χ3n) is 2.66. The van der Waals surface area contributed by atoms with Gasteiger partial charge in [-0.2, -0.15) is 0 Å². The number of benzene rings is 1. The first-order valence-electron chi connectivity index (χ1n) is 5.68. The standard InChI is InChI=1S/C13H20N2O2/c1-9(2)10-5-4-6-11(7-10)15-12(17)13(3,14)8-16/h4-7,9,16H,8,14H2,1-3H3,(H,15,17)/t13-/m1/s1. The minimum atomic E-state index is -1.26. The number of nitrogens with one attached hydrogen (secondary N) is 1. The van der Waals surface area contributed by atoms with Crippen LogP contribution in [0.3, 0.4) is 0 Å². The molecular formula is C13H20N2O2. The van der Waals surface area contributed by atoms with Crippen molar-refractivity contribution in [2.24, 2.45) is 5.73 Å². The van der Waals surface area contributed by atoms with E-state index in [9.17, 15) is 4.79 Å². The third kappa shape index (κ3) is 3.54. The molecule has 0 spiro atoms. The number of rotatable bonds is 4. The number of anilines is 1. The SMILES string of the molecule is CC(C)c1cccc(NC(=O)[C@](C)(N)CO)c1. The summed E-state index contributed by atoms with van der Waals surface area (Å²) in [5.74, 6) is 0.00913. The Morgan fingerprint density at radius 3 is 2.71 bits per heavy atom. The first-order valence-corrected chi connectivity index (χ1v) is 5.68. The fraction of sp³-hybridized carbons (Fsp3) is 0.462. The molecule has 17 heavy (non-hydrogen) atoms. The summed E-state index contributed by atoms with van der Waals surface area (Å²) in [7, 11) is 0. The van der Waals surface area contributed by atoms with Crippen molar-refractivity contribution in [2.45, 2.75) is 32.2 Å². The van der Waals surface area contributed by atoms with Gasteiger partial charge in [0.15, 0.2) is 0 Å². The van der Waals surface area contributed by atoms with Gasteiger partial charge in [0.25, 0.3) is 0 Å². The van der Waals surface area contributed by atoms with Crippen LogP contribution < -0.4 is 11.1 Å². The second-order valence-corrected chi connectivity index (χ2v) is 4.81. The van der Waals surface area contributed by atoms with E-state index in [1.165, 1.54) is 6.92 Å². The second kappa shape index (κ2) is 5.29. The van der Waals surface area contributed by atoms with E-state index < -0.39 is 5.54 Å². The molecule has 4 heteroatoms. The van der Waals surface area contributed by atoms with Gasteiger partial charge in [-0.25, -0.2) is 0 Å². The molecule has 1 rings (SSSR count). The first-order chi connectivity index (χ1) is 7.86. The number of nitrogens with two attached hydrogens (primary N) is 1. The highest BCUT2D eigenvalue weighted by molar-refractivity contribution is 5.97. The molecule has 4 nitrogen and oxygen atoms in total. The van der Waals surface area contributed by atoms with E-state index in [-0.39, 0.29) is 12.5 Å². The molecule has 0 fully saturated rings. The molecule has 0 unspecified atom stereocenters. The Morgan fingerprint density at radius 1 is 1.53 bits per heavy atom. The average Bonchev–Trinajstić information content (AvgIpc) is 2.29. The Kier molecular flexibility index (Phi) is 4.26. The lowest BCUT2D eigenvalue weighted by atomic mass is 10.0. The van der Waals surface area contributed by atoms with Gasteiger partial charge in [-0.1, -0.05) is 26.0 Å². The molecule has 0 aliphatic rings. The number of aliphatic hydroxyl groups is 1. The van der Waals surface area contributed by atoms with Gasteiger partial charge in [-0.15, -0.1) is 0 Å². The van der Waals surface area contributed by atoms with Crippen LogP contribution >= 0.6 is 0 Å².